The van der Waals surface area contributed by atoms with Gasteiger partial charge in [-0.3, -0.25) is 4.79 Å². The van der Waals surface area contributed by atoms with Gasteiger partial charge in [-0.25, -0.2) is 0 Å². The molecule has 0 saturated carbocycles. The first-order valence-corrected chi connectivity index (χ1v) is 8.57. The summed E-state index contributed by atoms with van der Waals surface area (Å²) in [6.07, 6.45) is 4.35. The highest BCUT2D eigenvalue weighted by molar-refractivity contribution is 5.83. The summed E-state index contributed by atoms with van der Waals surface area (Å²) < 4.78 is 21.9. The molecule has 1 atom stereocenters. The fraction of sp³-hybridized carbons (Fsp3) is 0.526. The van der Waals surface area contributed by atoms with Crippen LogP contribution in [0.4, 0.5) is 0 Å². The van der Waals surface area contributed by atoms with Gasteiger partial charge in [0.1, 0.15) is 23.4 Å². The van der Waals surface area contributed by atoms with Crippen LogP contribution in [0, 0.1) is 0 Å². The molecule has 0 N–H and O–H groups in total. The van der Waals surface area contributed by atoms with Gasteiger partial charge >= 0.3 is 0 Å². The maximum absolute atomic E-state index is 12.5. The van der Waals surface area contributed by atoms with Gasteiger partial charge in [-0.15, -0.1) is 0 Å². The van der Waals surface area contributed by atoms with Gasteiger partial charge in [0.25, 0.3) is 5.91 Å². The van der Waals surface area contributed by atoms with Crippen molar-refractivity contribution >= 4 is 11.5 Å². The summed E-state index contributed by atoms with van der Waals surface area (Å²) in [5.74, 6) is 2.20. The van der Waals surface area contributed by atoms with Crippen molar-refractivity contribution in [3.8, 4) is 17.2 Å². The molecule has 0 aromatic heterocycles. The van der Waals surface area contributed by atoms with Crippen LogP contribution in [0.1, 0.15) is 24.8 Å². The van der Waals surface area contributed by atoms with Crippen LogP contribution in [-0.2, 0) is 9.53 Å². The van der Waals surface area contributed by atoms with E-state index in [2.05, 4.69) is 6.08 Å². The monoisotopic (exact) mass is 347 g/mol. The largest absolute Gasteiger partial charge is 0.496 e. The number of nitrogens with zero attached hydrogens (tertiary/aromatic N) is 1. The number of hydrogen-bond acceptors (Lipinski definition) is 5. The van der Waals surface area contributed by atoms with Gasteiger partial charge < -0.3 is 23.8 Å². The van der Waals surface area contributed by atoms with E-state index in [4.69, 9.17) is 18.9 Å². The molecule has 1 fully saturated rings. The third-order valence-electron chi connectivity index (χ3n) is 4.76. The molecule has 1 aromatic rings. The summed E-state index contributed by atoms with van der Waals surface area (Å²) >= 11 is 0. The quantitative estimate of drug-likeness (QED) is 0.819. The van der Waals surface area contributed by atoms with Crippen LogP contribution < -0.4 is 14.2 Å². The van der Waals surface area contributed by atoms with Gasteiger partial charge in [0.2, 0.25) is 0 Å². The smallest absolute Gasteiger partial charge is 0.251 e. The van der Waals surface area contributed by atoms with Crippen LogP contribution >= 0.6 is 0 Å². The number of methoxy groups -OCH3 is 3. The average molecular weight is 347 g/mol. The Kier molecular flexibility index (Phi) is 5.48. The van der Waals surface area contributed by atoms with Crippen molar-refractivity contribution in [3.05, 3.63) is 23.8 Å². The molecule has 25 heavy (non-hydrogen) atoms. The zero-order valence-corrected chi connectivity index (χ0v) is 15.0. The number of carbonyl (C=O) groups excluding carboxylic acids is 1. The molecule has 136 valence electrons. The standard InChI is InChI=1S/C19H25NO5/c1-22-14-11-16(23-2)18(17(12-14)24-3)13-6-8-20(9-7-13)19(21)15-5-4-10-25-15/h6,11-12,15H,4-5,7-10H2,1-3H3. The molecule has 2 heterocycles. The maximum atomic E-state index is 12.5. The van der Waals surface area contributed by atoms with E-state index in [1.54, 1.807) is 21.3 Å². The van der Waals surface area contributed by atoms with Gasteiger partial charge in [0.05, 0.1) is 26.9 Å². The minimum atomic E-state index is -0.264. The van der Waals surface area contributed by atoms with E-state index in [1.807, 2.05) is 17.0 Å². The van der Waals surface area contributed by atoms with Gasteiger partial charge in [0, 0.05) is 31.8 Å². The lowest BCUT2D eigenvalue weighted by atomic mass is 9.97. The highest BCUT2D eigenvalue weighted by Gasteiger charge is 2.30. The second-order valence-corrected chi connectivity index (χ2v) is 6.17. The molecule has 0 bridgehead atoms. The predicted octanol–water partition coefficient (Wildman–Crippen LogP) is 2.51. The third kappa shape index (κ3) is 3.58. The molecule has 1 amide bonds. The zero-order valence-electron chi connectivity index (χ0n) is 15.0. The maximum Gasteiger partial charge on any atom is 0.251 e. The Morgan fingerprint density at radius 2 is 1.88 bits per heavy atom. The molecular weight excluding hydrogens is 322 g/mol. The van der Waals surface area contributed by atoms with Crippen molar-refractivity contribution in [1.29, 1.82) is 0 Å². The minimum absolute atomic E-state index is 0.0986. The Labute approximate surface area is 148 Å². The summed E-state index contributed by atoms with van der Waals surface area (Å²) in [6, 6.07) is 3.70. The highest BCUT2D eigenvalue weighted by atomic mass is 16.5. The Bertz CT molecular complexity index is 639. The van der Waals surface area contributed by atoms with E-state index in [9.17, 15) is 4.79 Å². The van der Waals surface area contributed by atoms with Crippen LogP contribution in [0.15, 0.2) is 18.2 Å². The van der Waals surface area contributed by atoms with E-state index in [0.29, 0.717) is 36.9 Å². The lowest BCUT2D eigenvalue weighted by Crippen LogP contribution is -2.41. The molecule has 1 aromatic carbocycles. The van der Waals surface area contributed by atoms with Gasteiger partial charge in [-0.05, 0) is 24.8 Å². The van der Waals surface area contributed by atoms with Crippen LogP contribution in [0.2, 0.25) is 0 Å². The molecular formula is C19H25NO5. The SMILES string of the molecule is COc1cc(OC)c(C2=CCN(C(=O)C3CCCO3)CC2)c(OC)c1. The first-order valence-electron chi connectivity index (χ1n) is 8.57. The lowest BCUT2D eigenvalue weighted by Gasteiger charge is -2.29. The first kappa shape index (κ1) is 17.6. The van der Waals surface area contributed by atoms with Gasteiger partial charge in [-0.1, -0.05) is 6.08 Å². The molecule has 2 aliphatic rings. The number of ether oxygens (including phenoxy) is 4. The normalized spacial score (nSPS) is 20.2. The van der Waals surface area contributed by atoms with Crippen molar-refractivity contribution < 1.29 is 23.7 Å². The van der Waals surface area contributed by atoms with Crippen LogP contribution in [0.3, 0.4) is 0 Å². The van der Waals surface area contributed by atoms with Gasteiger partial charge in [-0.2, -0.15) is 0 Å². The van der Waals surface area contributed by atoms with Crippen LogP contribution in [0.5, 0.6) is 17.2 Å². The van der Waals surface area contributed by atoms with E-state index in [-0.39, 0.29) is 12.0 Å². The van der Waals surface area contributed by atoms with Crippen LogP contribution in [0.25, 0.3) is 5.57 Å². The predicted molar refractivity (Wildman–Crippen MR) is 94.2 cm³/mol. The first-order chi connectivity index (χ1) is 12.2. The van der Waals surface area contributed by atoms with Gasteiger partial charge in [0.15, 0.2) is 0 Å². The summed E-state index contributed by atoms with van der Waals surface area (Å²) in [4.78, 5) is 14.3. The Morgan fingerprint density at radius 1 is 1.16 bits per heavy atom. The van der Waals surface area contributed by atoms with Crippen molar-refractivity contribution in [2.45, 2.75) is 25.4 Å². The summed E-state index contributed by atoms with van der Waals surface area (Å²) in [7, 11) is 4.88. The fourth-order valence-electron chi connectivity index (χ4n) is 3.39. The van der Waals surface area contributed by atoms with Crippen molar-refractivity contribution in [2.75, 3.05) is 41.0 Å². The van der Waals surface area contributed by atoms with Crippen LogP contribution in [-0.4, -0.2) is 57.9 Å². The number of amides is 1. The molecule has 0 spiro atoms. The van der Waals surface area contributed by atoms with E-state index in [1.165, 1.54) is 0 Å². The lowest BCUT2D eigenvalue weighted by molar-refractivity contribution is -0.140. The topological polar surface area (TPSA) is 57.2 Å². The fourth-order valence-corrected chi connectivity index (χ4v) is 3.39. The van der Waals surface area contributed by atoms with Crippen molar-refractivity contribution in [1.82, 2.24) is 4.90 Å². The molecule has 0 aliphatic carbocycles. The average Bonchev–Trinajstić information content (AvgIpc) is 3.21. The zero-order chi connectivity index (χ0) is 17.8. The van der Waals surface area contributed by atoms with E-state index >= 15 is 0 Å². The second-order valence-electron chi connectivity index (χ2n) is 6.17. The van der Waals surface area contributed by atoms with E-state index < -0.39 is 0 Å². The molecule has 6 heteroatoms. The highest BCUT2D eigenvalue weighted by Crippen LogP contribution is 2.40. The summed E-state index contributed by atoms with van der Waals surface area (Å²) in [5, 5.41) is 0. The van der Waals surface area contributed by atoms with Crippen molar-refractivity contribution in [3.63, 3.8) is 0 Å². The third-order valence-corrected chi connectivity index (χ3v) is 4.76. The molecule has 3 rings (SSSR count). The number of benzene rings is 1. The van der Waals surface area contributed by atoms with E-state index in [0.717, 1.165) is 30.4 Å². The molecule has 6 nitrogen and oxygen atoms in total. The summed E-state index contributed by atoms with van der Waals surface area (Å²) in [5.41, 5.74) is 2.04. The second kappa shape index (κ2) is 7.78. The minimum Gasteiger partial charge on any atom is -0.496 e. The number of hydrogen-bond donors (Lipinski definition) is 0. The molecule has 1 unspecified atom stereocenters. The molecule has 2 aliphatic heterocycles. The molecule has 1 saturated heterocycles. The molecule has 0 radical (unpaired) electrons. The number of rotatable bonds is 5. The summed E-state index contributed by atoms with van der Waals surface area (Å²) in [6.45, 7) is 1.93. The Morgan fingerprint density at radius 3 is 2.36 bits per heavy atom. The number of carbonyl (C=O) groups is 1. The Balaban J connectivity index is 1.82. The Hall–Kier alpha value is -2.21. The van der Waals surface area contributed by atoms with Crippen molar-refractivity contribution in [2.24, 2.45) is 0 Å².